The molecule has 3 saturated carbocycles. The Labute approximate surface area is 219 Å². The van der Waals surface area contributed by atoms with Crippen LogP contribution in [0, 0.1) is 39.4 Å². The highest BCUT2D eigenvalue weighted by molar-refractivity contribution is 6.40. The molecule has 3 N–H and O–H groups in total. The van der Waals surface area contributed by atoms with Gasteiger partial charge in [-0.25, -0.2) is 0 Å². The molecule has 0 bridgehead atoms. The van der Waals surface area contributed by atoms with E-state index < -0.39 is 68.2 Å². The number of ketones is 4. The van der Waals surface area contributed by atoms with Crippen molar-refractivity contribution in [1.82, 2.24) is 0 Å². The molecule has 0 amide bonds. The second-order valence-electron chi connectivity index (χ2n) is 14.0. The molecule has 3 fully saturated rings. The molecule has 0 aliphatic heterocycles. The first kappa shape index (κ1) is 28.1. The Hall–Kier alpha value is -1.96. The van der Waals surface area contributed by atoms with Gasteiger partial charge in [-0.2, -0.15) is 0 Å². The lowest BCUT2D eigenvalue weighted by atomic mass is 9.38. The highest BCUT2D eigenvalue weighted by Crippen LogP contribution is 2.73. The van der Waals surface area contributed by atoms with Gasteiger partial charge in [0.05, 0.1) is 17.1 Å². The zero-order valence-corrected chi connectivity index (χ0v) is 23.3. The first-order chi connectivity index (χ1) is 16.7. The highest BCUT2D eigenvalue weighted by Gasteiger charge is 2.74. The van der Waals surface area contributed by atoms with E-state index in [1.807, 2.05) is 26.8 Å². The zero-order chi connectivity index (χ0) is 28.1. The minimum absolute atomic E-state index is 0.00353. The van der Waals surface area contributed by atoms with Crippen molar-refractivity contribution in [3.05, 3.63) is 23.8 Å². The largest absolute Gasteiger partial charge is 0.393 e. The Morgan fingerprint density at radius 2 is 1.62 bits per heavy atom. The predicted molar refractivity (Wildman–Crippen MR) is 137 cm³/mol. The summed E-state index contributed by atoms with van der Waals surface area (Å²) < 4.78 is 0. The van der Waals surface area contributed by atoms with Crippen LogP contribution >= 0.6 is 0 Å². The molecule has 8 unspecified atom stereocenters. The Balaban J connectivity index is 1.81. The summed E-state index contributed by atoms with van der Waals surface area (Å²) in [6.07, 6.45) is 4.32. The van der Waals surface area contributed by atoms with Crippen LogP contribution in [0.5, 0.6) is 0 Å². The van der Waals surface area contributed by atoms with Gasteiger partial charge in [0.1, 0.15) is 11.4 Å². The van der Waals surface area contributed by atoms with Crippen LogP contribution in [0.15, 0.2) is 23.8 Å². The number of aliphatic hydroxyl groups is 3. The van der Waals surface area contributed by atoms with E-state index in [2.05, 4.69) is 0 Å². The number of allylic oxidation sites excluding steroid dienone is 2. The average Bonchev–Trinajstić information content (AvgIpc) is 2.96. The number of carbonyl (C=O) groups is 4. The van der Waals surface area contributed by atoms with Crippen LogP contribution in [0.1, 0.15) is 81.1 Å². The van der Waals surface area contributed by atoms with Crippen LogP contribution in [0.2, 0.25) is 0 Å². The second-order valence-corrected chi connectivity index (χ2v) is 14.0. The molecule has 0 aromatic rings. The quantitative estimate of drug-likeness (QED) is 0.299. The maximum Gasteiger partial charge on any atom is 0.207 e. The lowest BCUT2D eigenvalue weighted by molar-refractivity contribution is -0.182. The SMILES string of the molecule is CC(C)(O)C=CC(=O)C(C)(O)C1C(O)CC2(C)C3CC=C4C(CC(=O)C(=O)C4(C)C)C3(C)C(=O)CC12C. The molecule has 0 aromatic heterocycles. The molecule has 7 nitrogen and oxygen atoms in total. The molecule has 0 aromatic carbocycles. The van der Waals surface area contributed by atoms with Gasteiger partial charge in [0.25, 0.3) is 0 Å². The third-order valence-electron chi connectivity index (χ3n) is 11.0. The van der Waals surface area contributed by atoms with Gasteiger partial charge in [-0.05, 0) is 70.3 Å². The fourth-order valence-electron chi connectivity index (χ4n) is 8.82. The molecule has 7 heteroatoms. The van der Waals surface area contributed by atoms with E-state index >= 15 is 0 Å². The molecule has 4 rings (SSSR count). The van der Waals surface area contributed by atoms with Crippen molar-refractivity contribution in [3.8, 4) is 0 Å². The molecule has 0 radical (unpaired) electrons. The van der Waals surface area contributed by atoms with Crippen LogP contribution in [0.4, 0.5) is 0 Å². The Morgan fingerprint density at radius 1 is 1.03 bits per heavy atom. The van der Waals surface area contributed by atoms with Crippen LogP contribution < -0.4 is 0 Å². The van der Waals surface area contributed by atoms with E-state index in [0.29, 0.717) is 12.8 Å². The van der Waals surface area contributed by atoms with Crippen LogP contribution in [-0.2, 0) is 19.2 Å². The Kier molecular flexibility index (Phi) is 6.09. The first-order valence-corrected chi connectivity index (χ1v) is 13.3. The van der Waals surface area contributed by atoms with E-state index in [0.717, 1.165) is 11.6 Å². The van der Waals surface area contributed by atoms with Gasteiger partial charge >= 0.3 is 0 Å². The summed E-state index contributed by atoms with van der Waals surface area (Å²) in [5, 5.41) is 33.0. The van der Waals surface area contributed by atoms with Gasteiger partial charge in [0.2, 0.25) is 5.78 Å². The summed E-state index contributed by atoms with van der Waals surface area (Å²) in [5.74, 6) is -3.09. The molecule has 8 atom stereocenters. The summed E-state index contributed by atoms with van der Waals surface area (Å²) >= 11 is 0. The number of rotatable bonds is 4. The summed E-state index contributed by atoms with van der Waals surface area (Å²) in [7, 11) is 0. The molecule has 0 spiro atoms. The van der Waals surface area contributed by atoms with Crippen molar-refractivity contribution < 1.29 is 34.5 Å². The van der Waals surface area contributed by atoms with Gasteiger partial charge in [-0.3, -0.25) is 19.2 Å². The van der Waals surface area contributed by atoms with Crippen molar-refractivity contribution in [1.29, 1.82) is 0 Å². The zero-order valence-electron chi connectivity index (χ0n) is 23.3. The molecule has 4 aliphatic rings. The lowest BCUT2D eigenvalue weighted by Gasteiger charge is -2.64. The fourth-order valence-corrected chi connectivity index (χ4v) is 8.82. The van der Waals surface area contributed by atoms with E-state index in [4.69, 9.17) is 0 Å². The van der Waals surface area contributed by atoms with E-state index in [-0.39, 0.29) is 24.5 Å². The van der Waals surface area contributed by atoms with E-state index in [1.165, 1.54) is 26.8 Å². The topological polar surface area (TPSA) is 129 Å². The Bertz CT molecular complexity index is 1140. The molecule has 0 heterocycles. The van der Waals surface area contributed by atoms with E-state index in [1.54, 1.807) is 13.8 Å². The summed E-state index contributed by atoms with van der Waals surface area (Å²) in [4.78, 5) is 52.9. The molecule has 204 valence electrons. The average molecular weight is 515 g/mol. The predicted octanol–water partition coefficient (Wildman–Crippen LogP) is 3.14. The first-order valence-electron chi connectivity index (χ1n) is 13.3. The maximum atomic E-state index is 14.2. The fraction of sp³-hybridized carbons (Fsp3) is 0.733. The van der Waals surface area contributed by atoms with Crippen molar-refractivity contribution in [3.63, 3.8) is 0 Å². The van der Waals surface area contributed by atoms with Crippen molar-refractivity contribution in [2.45, 2.75) is 98.4 Å². The van der Waals surface area contributed by atoms with Crippen molar-refractivity contribution in [2.75, 3.05) is 0 Å². The Morgan fingerprint density at radius 3 is 2.19 bits per heavy atom. The molecular formula is C30H42O7. The van der Waals surface area contributed by atoms with Crippen molar-refractivity contribution in [2.24, 2.45) is 39.4 Å². The number of aliphatic hydroxyl groups excluding tert-OH is 1. The van der Waals surface area contributed by atoms with E-state index in [9.17, 15) is 34.5 Å². The maximum absolute atomic E-state index is 14.2. The monoisotopic (exact) mass is 514 g/mol. The normalized spacial score (nSPS) is 43.1. The third kappa shape index (κ3) is 3.64. The van der Waals surface area contributed by atoms with Crippen LogP contribution in [0.3, 0.4) is 0 Å². The van der Waals surface area contributed by atoms with Gasteiger partial charge < -0.3 is 15.3 Å². The van der Waals surface area contributed by atoms with Crippen LogP contribution in [-0.4, -0.2) is 55.8 Å². The second kappa shape index (κ2) is 8.03. The number of carbonyl (C=O) groups excluding carboxylic acids is 4. The standard InChI is InChI=1S/C30H42O7/c1-25(2,36)12-11-21(33)30(8,37)23-19(32)14-27(5)20-10-9-16-17(13-18(31)24(35)26(16,3)4)29(20,7)22(34)15-28(23,27)6/h9,11-12,17,19-20,23,32,36-37H,10,13-15H2,1-8H3. The summed E-state index contributed by atoms with van der Waals surface area (Å²) in [5.41, 5.74) is -5.75. The van der Waals surface area contributed by atoms with Gasteiger partial charge in [-0.15, -0.1) is 0 Å². The summed E-state index contributed by atoms with van der Waals surface area (Å²) in [6.45, 7) is 13.8. The minimum Gasteiger partial charge on any atom is -0.393 e. The molecule has 37 heavy (non-hydrogen) atoms. The third-order valence-corrected chi connectivity index (χ3v) is 11.0. The number of hydrogen-bond donors (Lipinski definition) is 3. The van der Waals surface area contributed by atoms with Gasteiger partial charge in [0, 0.05) is 30.1 Å². The molecule has 4 aliphatic carbocycles. The molecule has 0 saturated heterocycles. The van der Waals surface area contributed by atoms with Crippen molar-refractivity contribution >= 4 is 23.1 Å². The smallest absolute Gasteiger partial charge is 0.207 e. The number of hydrogen-bond acceptors (Lipinski definition) is 7. The van der Waals surface area contributed by atoms with Crippen LogP contribution in [0.25, 0.3) is 0 Å². The lowest BCUT2D eigenvalue weighted by Crippen LogP contribution is -2.65. The highest BCUT2D eigenvalue weighted by atomic mass is 16.3. The minimum atomic E-state index is -1.97. The summed E-state index contributed by atoms with van der Waals surface area (Å²) in [6, 6.07) is 0. The number of fused-ring (bicyclic) bond motifs is 5. The van der Waals surface area contributed by atoms with Gasteiger partial charge in [-0.1, -0.05) is 38.5 Å². The van der Waals surface area contributed by atoms with Gasteiger partial charge in [0.15, 0.2) is 11.6 Å². The molecular weight excluding hydrogens is 472 g/mol. The number of Topliss-reactive ketones (excluding diaryl/α,β-unsaturated/α-hetero) is 3.